The molecule has 0 spiro atoms. The average molecular weight is 182 g/mol. The van der Waals surface area contributed by atoms with Crippen LogP contribution >= 0.6 is 0 Å². The van der Waals surface area contributed by atoms with Gasteiger partial charge in [0.05, 0.1) is 19.8 Å². The predicted octanol–water partition coefficient (Wildman–Crippen LogP) is -3.58. The standard InChI is InChI=1S/C6H14O6/c7-1-4(10)6(12,3-9)5(11)2-8/h4-5,7-12H,1-3H2/t4-,5-/m0/s1. The summed E-state index contributed by atoms with van der Waals surface area (Å²) in [6.45, 7) is -2.57. The van der Waals surface area contributed by atoms with Gasteiger partial charge in [-0.2, -0.15) is 0 Å². The first-order chi connectivity index (χ1) is 5.52. The highest BCUT2D eigenvalue weighted by Gasteiger charge is 2.41. The molecule has 6 heteroatoms. The molecule has 12 heavy (non-hydrogen) atoms. The van der Waals surface area contributed by atoms with E-state index in [-0.39, 0.29) is 0 Å². The van der Waals surface area contributed by atoms with Gasteiger partial charge in [0.15, 0.2) is 0 Å². The minimum Gasteiger partial charge on any atom is -0.394 e. The van der Waals surface area contributed by atoms with Gasteiger partial charge >= 0.3 is 0 Å². The van der Waals surface area contributed by atoms with E-state index in [1.165, 1.54) is 0 Å². The predicted molar refractivity (Wildman–Crippen MR) is 38.2 cm³/mol. The molecule has 0 fully saturated rings. The van der Waals surface area contributed by atoms with Crippen molar-refractivity contribution in [3.63, 3.8) is 0 Å². The van der Waals surface area contributed by atoms with Crippen LogP contribution in [0.25, 0.3) is 0 Å². The molecule has 0 saturated heterocycles. The zero-order chi connectivity index (χ0) is 9.78. The van der Waals surface area contributed by atoms with Crippen molar-refractivity contribution in [3.05, 3.63) is 0 Å². The van der Waals surface area contributed by atoms with E-state index in [0.29, 0.717) is 0 Å². The van der Waals surface area contributed by atoms with Crippen LogP contribution in [0.3, 0.4) is 0 Å². The van der Waals surface area contributed by atoms with E-state index in [1.807, 2.05) is 0 Å². The Bertz CT molecular complexity index is 117. The quantitative estimate of drug-likeness (QED) is 0.261. The number of hydrogen-bond acceptors (Lipinski definition) is 6. The molecule has 2 atom stereocenters. The molecular weight excluding hydrogens is 168 g/mol. The molecule has 0 aromatic heterocycles. The van der Waals surface area contributed by atoms with Crippen LogP contribution in [0.5, 0.6) is 0 Å². The average Bonchev–Trinajstić information content (AvgIpc) is 2.13. The Morgan fingerprint density at radius 1 is 0.917 bits per heavy atom. The van der Waals surface area contributed by atoms with Crippen LogP contribution in [0.1, 0.15) is 0 Å². The molecule has 6 N–H and O–H groups in total. The van der Waals surface area contributed by atoms with Crippen LogP contribution in [0.4, 0.5) is 0 Å². The van der Waals surface area contributed by atoms with Crippen molar-refractivity contribution in [1.82, 2.24) is 0 Å². The van der Waals surface area contributed by atoms with E-state index in [2.05, 4.69) is 0 Å². The molecule has 0 aliphatic rings. The van der Waals surface area contributed by atoms with Gasteiger partial charge in [-0.05, 0) is 0 Å². The third-order valence-corrected chi connectivity index (χ3v) is 1.75. The normalized spacial score (nSPS) is 17.5. The fourth-order valence-corrected chi connectivity index (χ4v) is 0.749. The Hall–Kier alpha value is -0.240. The molecule has 0 amide bonds. The minimum absolute atomic E-state index is 0.811. The lowest BCUT2D eigenvalue weighted by molar-refractivity contribution is -0.185. The molecule has 0 saturated carbocycles. The molecule has 6 nitrogen and oxygen atoms in total. The molecule has 0 aliphatic heterocycles. The van der Waals surface area contributed by atoms with Gasteiger partial charge in [0, 0.05) is 0 Å². The van der Waals surface area contributed by atoms with Crippen LogP contribution in [-0.2, 0) is 0 Å². The largest absolute Gasteiger partial charge is 0.394 e. The molecule has 0 aromatic carbocycles. The third kappa shape index (κ3) is 2.13. The second-order valence-corrected chi connectivity index (χ2v) is 2.55. The smallest absolute Gasteiger partial charge is 0.144 e. The highest BCUT2D eigenvalue weighted by atomic mass is 16.4. The van der Waals surface area contributed by atoms with Crippen LogP contribution in [0.15, 0.2) is 0 Å². The Labute approximate surface area is 69.3 Å². The van der Waals surface area contributed by atoms with Crippen LogP contribution in [0, 0.1) is 0 Å². The van der Waals surface area contributed by atoms with Gasteiger partial charge in [-0.1, -0.05) is 0 Å². The van der Waals surface area contributed by atoms with E-state index in [4.69, 9.17) is 25.5 Å². The van der Waals surface area contributed by atoms with Gasteiger partial charge in [0.2, 0.25) is 0 Å². The first-order valence-corrected chi connectivity index (χ1v) is 3.44. The maximum absolute atomic E-state index is 9.29. The van der Waals surface area contributed by atoms with Crippen molar-refractivity contribution in [3.8, 4) is 0 Å². The van der Waals surface area contributed by atoms with Gasteiger partial charge in [0.25, 0.3) is 0 Å². The molecule has 0 aromatic rings. The first kappa shape index (κ1) is 11.8. The Balaban J connectivity index is 4.42. The Kier molecular flexibility index (Phi) is 4.61. The number of rotatable bonds is 5. The van der Waals surface area contributed by atoms with Gasteiger partial charge in [0.1, 0.15) is 17.8 Å². The molecule has 0 radical (unpaired) electrons. The summed E-state index contributed by atoms with van der Waals surface area (Å²) in [7, 11) is 0. The van der Waals surface area contributed by atoms with Gasteiger partial charge in [-0.3, -0.25) is 0 Å². The lowest BCUT2D eigenvalue weighted by Gasteiger charge is -2.33. The second-order valence-electron chi connectivity index (χ2n) is 2.55. The fraction of sp³-hybridized carbons (Fsp3) is 1.00. The van der Waals surface area contributed by atoms with Crippen molar-refractivity contribution < 1.29 is 30.6 Å². The van der Waals surface area contributed by atoms with Gasteiger partial charge in [-0.25, -0.2) is 0 Å². The van der Waals surface area contributed by atoms with E-state index in [1.54, 1.807) is 0 Å². The monoisotopic (exact) mass is 182 g/mol. The molecular formula is C6H14O6. The van der Waals surface area contributed by atoms with E-state index < -0.39 is 37.6 Å². The highest BCUT2D eigenvalue weighted by molar-refractivity contribution is 4.92. The zero-order valence-corrected chi connectivity index (χ0v) is 6.46. The SMILES string of the molecule is OC[C@H](O)C(O)(CO)[C@@H](O)CO. The maximum Gasteiger partial charge on any atom is 0.144 e. The maximum atomic E-state index is 9.29. The summed E-state index contributed by atoms with van der Waals surface area (Å²) in [5.41, 5.74) is -2.27. The lowest BCUT2D eigenvalue weighted by atomic mass is 9.92. The zero-order valence-electron chi connectivity index (χ0n) is 6.46. The van der Waals surface area contributed by atoms with E-state index in [0.717, 1.165) is 0 Å². The molecule has 74 valence electrons. The molecule has 0 bridgehead atoms. The van der Waals surface area contributed by atoms with Crippen molar-refractivity contribution in [2.24, 2.45) is 0 Å². The Morgan fingerprint density at radius 3 is 1.42 bits per heavy atom. The van der Waals surface area contributed by atoms with Crippen LogP contribution in [0.2, 0.25) is 0 Å². The third-order valence-electron chi connectivity index (χ3n) is 1.75. The van der Waals surface area contributed by atoms with Crippen molar-refractivity contribution in [2.75, 3.05) is 19.8 Å². The summed E-state index contributed by atoms with van der Waals surface area (Å²) < 4.78 is 0. The molecule has 0 rings (SSSR count). The molecule has 0 unspecified atom stereocenters. The molecule has 0 heterocycles. The summed E-state index contributed by atoms with van der Waals surface area (Å²) >= 11 is 0. The van der Waals surface area contributed by atoms with Crippen molar-refractivity contribution in [2.45, 2.75) is 17.8 Å². The van der Waals surface area contributed by atoms with Crippen LogP contribution < -0.4 is 0 Å². The summed E-state index contributed by atoms with van der Waals surface area (Å²) in [6.07, 6.45) is -3.38. The summed E-state index contributed by atoms with van der Waals surface area (Å²) in [6, 6.07) is 0. The lowest BCUT2D eigenvalue weighted by Crippen LogP contribution is -2.57. The summed E-state index contributed by atoms with van der Waals surface area (Å²) in [5, 5.41) is 52.6. The van der Waals surface area contributed by atoms with E-state index >= 15 is 0 Å². The van der Waals surface area contributed by atoms with Crippen molar-refractivity contribution in [1.29, 1.82) is 0 Å². The Morgan fingerprint density at radius 2 is 1.25 bits per heavy atom. The van der Waals surface area contributed by atoms with Gasteiger partial charge < -0.3 is 30.6 Å². The fourth-order valence-electron chi connectivity index (χ4n) is 0.749. The second kappa shape index (κ2) is 4.70. The van der Waals surface area contributed by atoms with E-state index in [9.17, 15) is 5.11 Å². The molecule has 0 aliphatic carbocycles. The number of hydrogen-bond donors (Lipinski definition) is 6. The topological polar surface area (TPSA) is 121 Å². The van der Waals surface area contributed by atoms with Crippen LogP contribution in [-0.4, -0.2) is 68.3 Å². The summed E-state index contributed by atoms with van der Waals surface area (Å²) in [4.78, 5) is 0. The number of aliphatic hydroxyl groups is 6. The summed E-state index contributed by atoms with van der Waals surface area (Å²) in [5.74, 6) is 0. The number of aliphatic hydroxyl groups excluding tert-OH is 5. The minimum atomic E-state index is -2.27. The van der Waals surface area contributed by atoms with Gasteiger partial charge in [-0.15, -0.1) is 0 Å². The first-order valence-electron chi connectivity index (χ1n) is 3.44. The highest BCUT2D eigenvalue weighted by Crippen LogP contribution is 2.14. The van der Waals surface area contributed by atoms with Crippen molar-refractivity contribution >= 4 is 0 Å².